The van der Waals surface area contributed by atoms with Gasteiger partial charge >= 0.3 is 0 Å². The van der Waals surface area contributed by atoms with E-state index < -0.39 is 0 Å². The summed E-state index contributed by atoms with van der Waals surface area (Å²) in [5, 5.41) is 4.51. The Morgan fingerprint density at radius 2 is 2.00 bits per heavy atom. The van der Waals surface area contributed by atoms with Crippen molar-refractivity contribution in [1.82, 2.24) is 5.32 Å². The SMILES string of the molecule is CCCNCC1(Cc2cccc(Cl)c2)CCCCC1. The summed E-state index contributed by atoms with van der Waals surface area (Å²) in [5.41, 5.74) is 1.85. The van der Waals surface area contributed by atoms with Gasteiger partial charge < -0.3 is 5.32 Å². The van der Waals surface area contributed by atoms with E-state index in [1.807, 2.05) is 6.07 Å². The zero-order chi connectivity index (χ0) is 13.6. The highest BCUT2D eigenvalue weighted by atomic mass is 35.5. The molecule has 2 heteroatoms. The molecule has 1 N–H and O–H groups in total. The standard InChI is InChI=1S/C17H26ClN/c1-2-11-19-14-17(9-4-3-5-10-17)13-15-7-6-8-16(18)12-15/h6-8,12,19H,2-5,9-11,13-14H2,1H3. The number of benzene rings is 1. The van der Waals surface area contributed by atoms with E-state index in [1.165, 1.54) is 50.5 Å². The highest BCUT2D eigenvalue weighted by Crippen LogP contribution is 2.39. The molecule has 1 aliphatic rings. The van der Waals surface area contributed by atoms with E-state index in [2.05, 4.69) is 30.4 Å². The van der Waals surface area contributed by atoms with Gasteiger partial charge in [0.2, 0.25) is 0 Å². The fourth-order valence-electron chi connectivity index (χ4n) is 3.33. The molecule has 1 saturated carbocycles. The molecule has 106 valence electrons. The maximum absolute atomic E-state index is 6.12. The summed E-state index contributed by atoms with van der Waals surface area (Å²) < 4.78 is 0. The van der Waals surface area contributed by atoms with Crippen molar-refractivity contribution in [2.45, 2.75) is 51.9 Å². The summed E-state index contributed by atoms with van der Waals surface area (Å²) in [4.78, 5) is 0. The number of hydrogen-bond acceptors (Lipinski definition) is 1. The van der Waals surface area contributed by atoms with Crippen molar-refractivity contribution in [2.24, 2.45) is 5.41 Å². The quantitative estimate of drug-likeness (QED) is 0.735. The van der Waals surface area contributed by atoms with Crippen molar-refractivity contribution < 1.29 is 0 Å². The Bertz CT molecular complexity index is 383. The van der Waals surface area contributed by atoms with Crippen LogP contribution in [0.15, 0.2) is 24.3 Å². The zero-order valence-electron chi connectivity index (χ0n) is 12.1. The molecule has 0 radical (unpaired) electrons. The first-order valence-electron chi connectivity index (χ1n) is 7.69. The predicted octanol–water partition coefficient (Wildman–Crippen LogP) is 4.83. The minimum Gasteiger partial charge on any atom is -0.316 e. The Balaban J connectivity index is 2.04. The number of hydrogen-bond donors (Lipinski definition) is 1. The third kappa shape index (κ3) is 4.50. The van der Waals surface area contributed by atoms with E-state index in [0.29, 0.717) is 5.41 Å². The minimum atomic E-state index is 0.456. The molecule has 0 aromatic heterocycles. The average molecular weight is 280 g/mol. The van der Waals surface area contributed by atoms with Gasteiger partial charge in [0.15, 0.2) is 0 Å². The molecule has 0 saturated heterocycles. The van der Waals surface area contributed by atoms with E-state index in [4.69, 9.17) is 11.6 Å². The Kier molecular flexibility index (Phi) is 5.72. The molecule has 1 nitrogen and oxygen atoms in total. The molecule has 1 aliphatic carbocycles. The minimum absolute atomic E-state index is 0.456. The van der Waals surface area contributed by atoms with Crippen molar-refractivity contribution in [1.29, 1.82) is 0 Å². The van der Waals surface area contributed by atoms with Crippen molar-refractivity contribution in [3.05, 3.63) is 34.9 Å². The van der Waals surface area contributed by atoms with Crippen LogP contribution >= 0.6 is 11.6 Å². The highest BCUT2D eigenvalue weighted by Gasteiger charge is 2.31. The molecule has 0 amide bonds. The number of rotatable bonds is 6. The average Bonchev–Trinajstić information content (AvgIpc) is 2.40. The summed E-state index contributed by atoms with van der Waals surface area (Å²) in [5.74, 6) is 0. The molecule has 0 aliphatic heterocycles. The Labute approximate surface area is 122 Å². The third-order valence-electron chi connectivity index (χ3n) is 4.31. The Morgan fingerprint density at radius 3 is 2.68 bits per heavy atom. The smallest absolute Gasteiger partial charge is 0.0408 e. The van der Waals surface area contributed by atoms with Gasteiger partial charge in [-0.15, -0.1) is 0 Å². The Morgan fingerprint density at radius 1 is 1.21 bits per heavy atom. The van der Waals surface area contributed by atoms with Gasteiger partial charge in [-0.25, -0.2) is 0 Å². The van der Waals surface area contributed by atoms with Crippen molar-refractivity contribution in [3.63, 3.8) is 0 Å². The maximum atomic E-state index is 6.12. The van der Waals surface area contributed by atoms with Crippen molar-refractivity contribution >= 4 is 11.6 Å². The van der Waals surface area contributed by atoms with Crippen LogP contribution in [0.25, 0.3) is 0 Å². The molecule has 0 atom stereocenters. The molecule has 1 fully saturated rings. The van der Waals surface area contributed by atoms with Crippen LogP contribution in [0, 0.1) is 5.41 Å². The second-order valence-corrected chi connectivity index (χ2v) is 6.48. The summed E-state index contributed by atoms with van der Waals surface area (Å²) >= 11 is 6.12. The molecule has 19 heavy (non-hydrogen) atoms. The first-order valence-corrected chi connectivity index (χ1v) is 8.07. The van der Waals surface area contributed by atoms with Crippen molar-refractivity contribution in [3.8, 4) is 0 Å². The van der Waals surface area contributed by atoms with Crippen LogP contribution in [0.3, 0.4) is 0 Å². The van der Waals surface area contributed by atoms with E-state index in [0.717, 1.165) is 18.1 Å². The van der Waals surface area contributed by atoms with E-state index in [1.54, 1.807) is 0 Å². The molecule has 1 aromatic carbocycles. The molecule has 2 rings (SSSR count). The first kappa shape index (κ1) is 14.9. The number of halogens is 1. The molecule has 1 aromatic rings. The van der Waals surface area contributed by atoms with Gasteiger partial charge in [0.25, 0.3) is 0 Å². The van der Waals surface area contributed by atoms with Crippen LogP contribution < -0.4 is 5.32 Å². The van der Waals surface area contributed by atoms with Crippen LogP contribution in [-0.2, 0) is 6.42 Å². The normalized spacial score (nSPS) is 18.4. The third-order valence-corrected chi connectivity index (χ3v) is 4.54. The zero-order valence-corrected chi connectivity index (χ0v) is 12.8. The van der Waals surface area contributed by atoms with E-state index in [-0.39, 0.29) is 0 Å². The van der Waals surface area contributed by atoms with Gasteiger partial charge in [-0.3, -0.25) is 0 Å². The van der Waals surface area contributed by atoms with Crippen LogP contribution in [0.4, 0.5) is 0 Å². The second kappa shape index (κ2) is 7.31. The number of nitrogens with one attached hydrogen (secondary N) is 1. The van der Waals surface area contributed by atoms with Crippen molar-refractivity contribution in [2.75, 3.05) is 13.1 Å². The van der Waals surface area contributed by atoms with E-state index >= 15 is 0 Å². The summed E-state index contributed by atoms with van der Waals surface area (Å²) in [6.07, 6.45) is 9.28. The van der Waals surface area contributed by atoms with E-state index in [9.17, 15) is 0 Å². The van der Waals surface area contributed by atoms with Gasteiger partial charge in [-0.05, 0) is 55.3 Å². The van der Waals surface area contributed by atoms with Crippen LogP contribution in [0.5, 0.6) is 0 Å². The molecular formula is C17H26ClN. The second-order valence-electron chi connectivity index (χ2n) is 6.04. The fraction of sp³-hybridized carbons (Fsp3) is 0.647. The van der Waals surface area contributed by atoms with Gasteiger partial charge in [0.1, 0.15) is 0 Å². The van der Waals surface area contributed by atoms with Gasteiger partial charge in [-0.2, -0.15) is 0 Å². The Hall–Kier alpha value is -0.530. The summed E-state index contributed by atoms with van der Waals surface area (Å²) in [6, 6.07) is 8.40. The lowest BCUT2D eigenvalue weighted by molar-refractivity contribution is 0.181. The lowest BCUT2D eigenvalue weighted by atomic mass is 9.70. The largest absolute Gasteiger partial charge is 0.316 e. The first-order chi connectivity index (χ1) is 9.24. The maximum Gasteiger partial charge on any atom is 0.0408 e. The molecule has 0 spiro atoms. The fourth-order valence-corrected chi connectivity index (χ4v) is 3.54. The van der Waals surface area contributed by atoms with Crippen LogP contribution in [0.1, 0.15) is 51.0 Å². The summed E-state index contributed by atoms with van der Waals surface area (Å²) in [6.45, 7) is 4.53. The summed E-state index contributed by atoms with van der Waals surface area (Å²) in [7, 11) is 0. The lowest BCUT2D eigenvalue weighted by Crippen LogP contribution is -2.38. The van der Waals surface area contributed by atoms with Gasteiger partial charge in [-0.1, -0.05) is 49.9 Å². The highest BCUT2D eigenvalue weighted by molar-refractivity contribution is 6.30. The van der Waals surface area contributed by atoms with Crippen LogP contribution in [0.2, 0.25) is 5.02 Å². The van der Waals surface area contributed by atoms with Gasteiger partial charge in [0.05, 0.1) is 0 Å². The van der Waals surface area contributed by atoms with Crippen LogP contribution in [-0.4, -0.2) is 13.1 Å². The molecular weight excluding hydrogens is 254 g/mol. The predicted molar refractivity (Wildman–Crippen MR) is 83.8 cm³/mol. The molecule has 0 heterocycles. The monoisotopic (exact) mass is 279 g/mol. The topological polar surface area (TPSA) is 12.0 Å². The lowest BCUT2D eigenvalue weighted by Gasteiger charge is -2.38. The van der Waals surface area contributed by atoms with Gasteiger partial charge in [0, 0.05) is 11.6 Å². The molecule has 0 unspecified atom stereocenters. The molecule has 0 bridgehead atoms.